The van der Waals surface area contributed by atoms with Crippen molar-refractivity contribution in [2.75, 3.05) is 6.61 Å². The molecule has 0 aliphatic heterocycles. The van der Waals surface area contributed by atoms with Gasteiger partial charge in [0.05, 0.1) is 12.2 Å². The number of rotatable bonds is 6. The number of pyridine rings is 1. The number of H-pyrrole nitrogens is 1. The molecule has 0 fully saturated rings. The minimum absolute atomic E-state index is 0.211. The van der Waals surface area contributed by atoms with Gasteiger partial charge in [-0.2, -0.15) is 0 Å². The largest absolute Gasteiger partial charge is 0.477 e. The Labute approximate surface area is 155 Å². The van der Waals surface area contributed by atoms with Crippen molar-refractivity contribution >= 4 is 0 Å². The summed E-state index contributed by atoms with van der Waals surface area (Å²) < 4.78 is 7.07. The number of hydrogen-bond donors (Lipinski definition) is 1. The molecule has 7 heteroatoms. The average molecular weight is 359 g/mol. The summed E-state index contributed by atoms with van der Waals surface area (Å²) >= 11 is 0. The molecule has 134 valence electrons. The quantitative estimate of drug-likeness (QED) is 0.572. The second-order valence-electron chi connectivity index (χ2n) is 5.87. The van der Waals surface area contributed by atoms with Gasteiger partial charge >= 0.3 is 0 Å². The second kappa shape index (κ2) is 7.65. The lowest BCUT2D eigenvalue weighted by atomic mass is 10.2. The Hall–Kier alpha value is -3.74. The van der Waals surface area contributed by atoms with Crippen LogP contribution in [0.15, 0.2) is 78.2 Å². The smallest absolute Gasteiger partial charge is 0.280 e. The van der Waals surface area contributed by atoms with Gasteiger partial charge in [-0.1, -0.05) is 36.4 Å². The van der Waals surface area contributed by atoms with Gasteiger partial charge in [0.15, 0.2) is 5.82 Å². The summed E-state index contributed by atoms with van der Waals surface area (Å²) in [5.41, 5.74) is 2.24. The van der Waals surface area contributed by atoms with Gasteiger partial charge in [0.25, 0.3) is 5.56 Å². The molecule has 0 amide bonds. The number of benzene rings is 1. The highest BCUT2D eigenvalue weighted by Gasteiger charge is 2.11. The molecule has 0 saturated heterocycles. The van der Waals surface area contributed by atoms with Crippen LogP contribution in [0.3, 0.4) is 0 Å². The average Bonchev–Trinajstić information content (AvgIpc) is 3.11. The summed E-state index contributed by atoms with van der Waals surface area (Å²) in [6.07, 6.45) is 7.10. The van der Waals surface area contributed by atoms with E-state index in [1.54, 1.807) is 30.7 Å². The number of nitrogens with one attached hydrogen (secondary N) is 1. The van der Waals surface area contributed by atoms with Crippen molar-refractivity contribution in [2.24, 2.45) is 0 Å². The highest BCUT2D eigenvalue weighted by Crippen LogP contribution is 2.15. The van der Waals surface area contributed by atoms with E-state index in [-0.39, 0.29) is 5.56 Å². The predicted molar refractivity (Wildman–Crippen MR) is 101 cm³/mol. The first-order chi connectivity index (χ1) is 13.3. The van der Waals surface area contributed by atoms with Crippen molar-refractivity contribution in [3.8, 4) is 22.8 Å². The van der Waals surface area contributed by atoms with Gasteiger partial charge in [-0.25, -0.2) is 14.6 Å². The molecule has 0 unspecified atom stereocenters. The van der Waals surface area contributed by atoms with Crippen LogP contribution in [0.2, 0.25) is 0 Å². The van der Waals surface area contributed by atoms with E-state index in [9.17, 15) is 4.79 Å². The predicted octanol–water partition coefficient (Wildman–Crippen LogP) is 2.64. The van der Waals surface area contributed by atoms with E-state index in [2.05, 4.69) is 20.1 Å². The molecule has 1 aromatic carbocycles. The molecule has 0 bridgehead atoms. The summed E-state index contributed by atoms with van der Waals surface area (Å²) in [6.45, 7) is 0.487. The number of aromatic nitrogens is 5. The first-order valence-electron chi connectivity index (χ1n) is 8.51. The van der Waals surface area contributed by atoms with Crippen LogP contribution in [0, 0.1) is 0 Å². The van der Waals surface area contributed by atoms with Crippen LogP contribution in [0.1, 0.15) is 5.56 Å². The summed E-state index contributed by atoms with van der Waals surface area (Å²) in [5.74, 6) is 0.834. The molecule has 7 nitrogen and oxygen atoms in total. The SMILES string of the molecule is O=c1c(-c2cccnc2)c[nH]n1-c1cc(OCCc2ccccc2)ncn1. The number of ether oxygens (including phenoxy) is 1. The normalized spacial score (nSPS) is 10.7. The summed E-state index contributed by atoms with van der Waals surface area (Å²) in [5, 5.41) is 2.93. The molecular formula is C20H17N5O2. The monoisotopic (exact) mass is 359 g/mol. The Kier molecular flexibility index (Phi) is 4.74. The number of aromatic amines is 1. The van der Waals surface area contributed by atoms with E-state index in [1.807, 2.05) is 36.4 Å². The van der Waals surface area contributed by atoms with Crippen molar-refractivity contribution in [3.05, 3.63) is 89.4 Å². The lowest BCUT2D eigenvalue weighted by Gasteiger charge is -2.06. The fourth-order valence-corrected chi connectivity index (χ4v) is 2.72. The summed E-state index contributed by atoms with van der Waals surface area (Å²) in [6, 6.07) is 15.3. The van der Waals surface area contributed by atoms with Crippen LogP contribution in [0.5, 0.6) is 5.88 Å². The van der Waals surface area contributed by atoms with E-state index < -0.39 is 0 Å². The fraction of sp³-hybridized carbons (Fsp3) is 0.100. The molecule has 0 aliphatic carbocycles. The fourth-order valence-electron chi connectivity index (χ4n) is 2.72. The van der Waals surface area contributed by atoms with E-state index in [4.69, 9.17) is 4.74 Å². The first kappa shape index (κ1) is 16.7. The Bertz CT molecular complexity index is 1070. The lowest BCUT2D eigenvalue weighted by Crippen LogP contribution is -2.17. The van der Waals surface area contributed by atoms with Gasteiger partial charge in [-0.15, -0.1) is 0 Å². The molecule has 3 heterocycles. The van der Waals surface area contributed by atoms with Gasteiger partial charge < -0.3 is 4.74 Å². The third-order valence-corrected chi connectivity index (χ3v) is 4.08. The second-order valence-corrected chi connectivity index (χ2v) is 5.87. The number of hydrogen-bond acceptors (Lipinski definition) is 5. The van der Waals surface area contributed by atoms with Crippen molar-refractivity contribution in [1.82, 2.24) is 24.7 Å². The van der Waals surface area contributed by atoms with Crippen LogP contribution in [-0.2, 0) is 6.42 Å². The van der Waals surface area contributed by atoms with Gasteiger partial charge in [0, 0.05) is 36.6 Å². The van der Waals surface area contributed by atoms with Crippen LogP contribution >= 0.6 is 0 Å². The zero-order chi connectivity index (χ0) is 18.5. The third kappa shape index (κ3) is 3.77. The van der Waals surface area contributed by atoms with Crippen LogP contribution in [0.25, 0.3) is 16.9 Å². The molecule has 0 spiro atoms. The molecule has 3 aromatic heterocycles. The maximum Gasteiger partial charge on any atom is 0.280 e. The summed E-state index contributed by atoms with van der Waals surface area (Å²) in [7, 11) is 0. The molecular weight excluding hydrogens is 342 g/mol. The Balaban J connectivity index is 1.51. The maximum atomic E-state index is 12.7. The Morgan fingerprint density at radius 1 is 1.07 bits per heavy atom. The van der Waals surface area contributed by atoms with E-state index in [0.717, 1.165) is 12.0 Å². The minimum Gasteiger partial charge on any atom is -0.477 e. The van der Waals surface area contributed by atoms with Gasteiger partial charge in [0.2, 0.25) is 5.88 Å². The molecule has 4 rings (SSSR count). The van der Waals surface area contributed by atoms with Crippen molar-refractivity contribution in [3.63, 3.8) is 0 Å². The first-order valence-corrected chi connectivity index (χ1v) is 8.51. The molecule has 0 atom stereocenters. The standard InChI is InChI=1S/C20H17N5O2/c26-20-17(16-7-4-9-21-12-16)13-24-25(20)18-11-19(23-14-22-18)27-10-8-15-5-2-1-3-6-15/h1-7,9,11-14,24H,8,10H2. The van der Waals surface area contributed by atoms with Crippen molar-refractivity contribution < 1.29 is 4.74 Å². The van der Waals surface area contributed by atoms with E-state index in [0.29, 0.717) is 23.9 Å². The maximum absolute atomic E-state index is 12.7. The minimum atomic E-state index is -0.211. The summed E-state index contributed by atoms with van der Waals surface area (Å²) in [4.78, 5) is 25.0. The highest BCUT2D eigenvalue weighted by atomic mass is 16.5. The topological polar surface area (TPSA) is 85.7 Å². The van der Waals surface area contributed by atoms with Gasteiger partial charge in [-0.05, 0) is 11.6 Å². The van der Waals surface area contributed by atoms with Gasteiger partial charge in [0.1, 0.15) is 6.33 Å². The Morgan fingerprint density at radius 3 is 2.78 bits per heavy atom. The van der Waals surface area contributed by atoms with Gasteiger partial charge in [-0.3, -0.25) is 14.9 Å². The number of nitrogens with zero attached hydrogens (tertiary/aromatic N) is 4. The van der Waals surface area contributed by atoms with Crippen molar-refractivity contribution in [2.45, 2.75) is 6.42 Å². The van der Waals surface area contributed by atoms with Crippen LogP contribution < -0.4 is 10.3 Å². The van der Waals surface area contributed by atoms with Crippen LogP contribution in [-0.4, -0.2) is 31.3 Å². The van der Waals surface area contributed by atoms with E-state index >= 15 is 0 Å². The molecule has 27 heavy (non-hydrogen) atoms. The third-order valence-electron chi connectivity index (χ3n) is 4.08. The zero-order valence-electron chi connectivity index (χ0n) is 14.4. The molecule has 0 aliphatic rings. The molecule has 0 saturated carbocycles. The van der Waals surface area contributed by atoms with Crippen LogP contribution in [0.4, 0.5) is 0 Å². The van der Waals surface area contributed by atoms with E-state index in [1.165, 1.54) is 16.6 Å². The molecule has 0 radical (unpaired) electrons. The lowest BCUT2D eigenvalue weighted by molar-refractivity contribution is 0.308. The highest BCUT2D eigenvalue weighted by molar-refractivity contribution is 5.60. The molecule has 4 aromatic rings. The Morgan fingerprint density at radius 2 is 1.96 bits per heavy atom. The van der Waals surface area contributed by atoms with Crippen molar-refractivity contribution in [1.29, 1.82) is 0 Å². The molecule has 1 N–H and O–H groups in total. The zero-order valence-corrected chi connectivity index (χ0v) is 14.4.